The molecule has 0 aromatic carbocycles. The van der Waals surface area contributed by atoms with Gasteiger partial charge in [-0.05, 0) is 25.2 Å². The second kappa shape index (κ2) is 9.08. The summed E-state index contributed by atoms with van der Waals surface area (Å²) >= 11 is 0. The molecule has 132 valence electrons. The van der Waals surface area contributed by atoms with E-state index in [2.05, 4.69) is 24.5 Å². The molecule has 2 aliphatic rings. The van der Waals surface area contributed by atoms with Crippen molar-refractivity contribution in [3.8, 4) is 0 Å². The third-order valence-corrected chi connectivity index (χ3v) is 4.19. The largest absolute Gasteiger partial charge is 0.381 e. The van der Waals surface area contributed by atoms with Crippen LogP contribution in [0.25, 0.3) is 0 Å². The van der Waals surface area contributed by atoms with Gasteiger partial charge in [-0.25, -0.2) is 4.79 Å². The number of hydrogen-bond acceptors (Lipinski definition) is 4. The van der Waals surface area contributed by atoms with E-state index >= 15 is 0 Å². The zero-order valence-corrected chi connectivity index (χ0v) is 14.2. The van der Waals surface area contributed by atoms with Gasteiger partial charge < -0.3 is 25.0 Å². The molecule has 2 rings (SSSR count). The number of nitrogens with zero attached hydrogens (tertiary/aromatic N) is 1. The fourth-order valence-electron chi connectivity index (χ4n) is 2.92. The number of amides is 3. The minimum absolute atomic E-state index is 0.0101. The smallest absolute Gasteiger partial charge is 0.315 e. The zero-order chi connectivity index (χ0) is 16.7. The van der Waals surface area contributed by atoms with Crippen LogP contribution in [0.15, 0.2) is 0 Å². The summed E-state index contributed by atoms with van der Waals surface area (Å²) < 4.78 is 10.6. The Hall–Kier alpha value is -1.34. The molecular formula is C16H29N3O4. The van der Waals surface area contributed by atoms with Gasteiger partial charge in [-0.2, -0.15) is 0 Å². The number of hydrogen-bond donors (Lipinski definition) is 2. The van der Waals surface area contributed by atoms with Crippen molar-refractivity contribution < 1.29 is 19.1 Å². The van der Waals surface area contributed by atoms with E-state index in [0.717, 1.165) is 12.8 Å². The van der Waals surface area contributed by atoms with Crippen molar-refractivity contribution in [3.05, 3.63) is 0 Å². The molecule has 23 heavy (non-hydrogen) atoms. The topological polar surface area (TPSA) is 79.9 Å². The van der Waals surface area contributed by atoms with Crippen LogP contribution in [0.1, 0.15) is 33.1 Å². The first-order valence-electron chi connectivity index (χ1n) is 8.57. The van der Waals surface area contributed by atoms with Gasteiger partial charge >= 0.3 is 6.03 Å². The Morgan fingerprint density at radius 3 is 2.30 bits per heavy atom. The maximum absolute atomic E-state index is 12.7. The van der Waals surface area contributed by atoms with Crippen molar-refractivity contribution in [2.75, 3.05) is 39.5 Å². The van der Waals surface area contributed by atoms with Crippen molar-refractivity contribution in [1.82, 2.24) is 15.5 Å². The third kappa shape index (κ3) is 5.99. The zero-order valence-electron chi connectivity index (χ0n) is 14.2. The highest BCUT2D eigenvalue weighted by molar-refractivity contribution is 5.87. The van der Waals surface area contributed by atoms with Crippen molar-refractivity contribution in [1.29, 1.82) is 0 Å². The second-order valence-corrected chi connectivity index (χ2v) is 6.62. The molecule has 3 amide bonds. The number of rotatable bonds is 5. The molecule has 7 nitrogen and oxygen atoms in total. The molecule has 0 aromatic rings. The average molecular weight is 327 g/mol. The monoisotopic (exact) mass is 327 g/mol. The van der Waals surface area contributed by atoms with E-state index in [-0.39, 0.29) is 18.0 Å². The summed E-state index contributed by atoms with van der Waals surface area (Å²) in [5, 5.41) is 5.82. The molecular weight excluding hydrogens is 298 g/mol. The predicted octanol–water partition coefficient (Wildman–Crippen LogP) is 0.738. The van der Waals surface area contributed by atoms with Crippen LogP contribution < -0.4 is 10.6 Å². The van der Waals surface area contributed by atoms with Gasteiger partial charge in [-0.3, -0.25) is 4.79 Å². The lowest BCUT2D eigenvalue weighted by Gasteiger charge is -2.32. The quantitative estimate of drug-likeness (QED) is 0.780. The first-order valence-corrected chi connectivity index (χ1v) is 8.57. The fourth-order valence-corrected chi connectivity index (χ4v) is 2.92. The van der Waals surface area contributed by atoms with E-state index in [1.54, 1.807) is 4.90 Å². The lowest BCUT2D eigenvalue weighted by atomic mass is 10.0. The molecule has 0 radical (unpaired) electrons. The molecule has 2 heterocycles. The minimum atomic E-state index is -0.479. The van der Waals surface area contributed by atoms with Gasteiger partial charge in [0.25, 0.3) is 0 Å². The standard InChI is InChI=1S/C16H29N3O4/c1-12(2)11-14(15(20)19-5-9-23-10-6-19)18-16(21)17-13-3-7-22-8-4-13/h12-14H,3-11H2,1-2H3,(H2,17,18,21). The number of ether oxygens (including phenoxy) is 2. The summed E-state index contributed by atoms with van der Waals surface area (Å²) in [5.74, 6) is 0.317. The Morgan fingerprint density at radius 1 is 1.09 bits per heavy atom. The van der Waals surface area contributed by atoms with Crippen LogP contribution in [-0.2, 0) is 14.3 Å². The highest BCUT2D eigenvalue weighted by Gasteiger charge is 2.28. The maximum Gasteiger partial charge on any atom is 0.315 e. The van der Waals surface area contributed by atoms with E-state index in [4.69, 9.17) is 9.47 Å². The Bertz CT molecular complexity index is 391. The highest BCUT2D eigenvalue weighted by atomic mass is 16.5. The van der Waals surface area contributed by atoms with Crippen LogP contribution in [0, 0.1) is 5.92 Å². The van der Waals surface area contributed by atoms with E-state index in [1.807, 2.05) is 0 Å². The molecule has 2 saturated heterocycles. The van der Waals surface area contributed by atoms with Gasteiger partial charge in [-0.1, -0.05) is 13.8 Å². The number of carbonyl (C=O) groups is 2. The first kappa shape index (κ1) is 18.0. The molecule has 7 heteroatoms. The molecule has 2 N–H and O–H groups in total. The van der Waals surface area contributed by atoms with Gasteiger partial charge in [0.2, 0.25) is 5.91 Å². The third-order valence-electron chi connectivity index (χ3n) is 4.19. The highest BCUT2D eigenvalue weighted by Crippen LogP contribution is 2.10. The second-order valence-electron chi connectivity index (χ2n) is 6.62. The molecule has 0 aliphatic carbocycles. The molecule has 2 fully saturated rings. The molecule has 2 aliphatic heterocycles. The van der Waals surface area contributed by atoms with Crippen LogP contribution >= 0.6 is 0 Å². The number of nitrogens with one attached hydrogen (secondary N) is 2. The average Bonchev–Trinajstić information content (AvgIpc) is 2.55. The first-order chi connectivity index (χ1) is 11.1. The van der Waals surface area contributed by atoms with Crippen LogP contribution in [0.4, 0.5) is 4.79 Å². The summed E-state index contributed by atoms with van der Waals surface area (Å²) in [6.07, 6.45) is 2.27. The van der Waals surface area contributed by atoms with Gasteiger partial charge in [0.05, 0.1) is 13.2 Å². The van der Waals surface area contributed by atoms with Gasteiger partial charge in [0.15, 0.2) is 0 Å². The fraction of sp³-hybridized carbons (Fsp3) is 0.875. The summed E-state index contributed by atoms with van der Waals surface area (Å²) in [5.41, 5.74) is 0. The van der Waals surface area contributed by atoms with Crippen LogP contribution in [-0.4, -0.2) is 68.4 Å². The van der Waals surface area contributed by atoms with Crippen LogP contribution in [0.2, 0.25) is 0 Å². The SMILES string of the molecule is CC(C)CC(NC(=O)NC1CCOCC1)C(=O)N1CCOCC1. The van der Waals surface area contributed by atoms with Gasteiger partial charge in [-0.15, -0.1) is 0 Å². The Kier molecular flexibility index (Phi) is 7.11. The van der Waals surface area contributed by atoms with E-state index in [1.165, 1.54) is 0 Å². The van der Waals surface area contributed by atoms with E-state index in [0.29, 0.717) is 51.9 Å². The minimum Gasteiger partial charge on any atom is -0.381 e. The predicted molar refractivity (Wildman–Crippen MR) is 86.2 cm³/mol. The van der Waals surface area contributed by atoms with Crippen LogP contribution in [0.5, 0.6) is 0 Å². The number of urea groups is 1. The summed E-state index contributed by atoms with van der Waals surface area (Å²) in [6, 6.07) is -0.612. The lowest BCUT2D eigenvalue weighted by Crippen LogP contribution is -2.55. The Morgan fingerprint density at radius 2 is 1.70 bits per heavy atom. The Labute approximate surface area is 138 Å². The van der Waals surface area contributed by atoms with Crippen molar-refractivity contribution in [2.45, 2.75) is 45.2 Å². The summed E-state index contributed by atoms with van der Waals surface area (Å²) in [4.78, 5) is 26.7. The van der Waals surface area contributed by atoms with Gasteiger partial charge in [0.1, 0.15) is 6.04 Å². The van der Waals surface area contributed by atoms with Crippen molar-refractivity contribution >= 4 is 11.9 Å². The summed E-state index contributed by atoms with van der Waals surface area (Å²) in [6.45, 7) is 7.77. The van der Waals surface area contributed by atoms with Crippen molar-refractivity contribution in [2.24, 2.45) is 5.92 Å². The normalized spacial score (nSPS) is 21.1. The number of carbonyl (C=O) groups excluding carboxylic acids is 2. The molecule has 0 bridgehead atoms. The van der Waals surface area contributed by atoms with Crippen molar-refractivity contribution in [3.63, 3.8) is 0 Å². The lowest BCUT2D eigenvalue weighted by molar-refractivity contribution is -0.137. The molecule has 1 unspecified atom stereocenters. The molecule has 0 saturated carbocycles. The Balaban J connectivity index is 1.88. The molecule has 0 aromatic heterocycles. The molecule has 0 spiro atoms. The van der Waals surface area contributed by atoms with E-state index < -0.39 is 6.04 Å². The summed E-state index contributed by atoms with van der Waals surface area (Å²) in [7, 11) is 0. The van der Waals surface area contributed by atoms with Crippen LogP contribution in [0.3, 0.4) is 0 Å². The van der Waals surface area contributed by atoms with E-state index in [9.17, 15) is 9.59 Å². The molecule has 1 atom stereocenters. The number of morpholine rings is 1. The van der Waals surface area contributed by atoms with Gasteiger partial charge in [0, 0.05) is 32.3 Å². The maximum atomic E-state index is 12.7.